The van der Waals surface area contributed by atoms with E-state index in [1.54, 1.807) is 12.1 Å². The van der Waals surface area contributed by atoms with Crippen LogP contribution in [0, 0.1) is 11.3 Å². The first-order chi connectivity index (χ1) is 11.8. The van der Waals surface area contributed by atoms with E-state index in [0.717, 1.165) is 12.5 Å². The Morgan fingerprint density at radius 2 is 1.76 bits per heavy atom. The molecule has 0 aliphatic heterocycles. The second-order valence-electron chi connectivity index (χ2n) is 7.65. The zero-order chi connectivity index (χ0) is 18.1. The Labute approximate surface area is 149 Å². The molecule has 0 spiro atoms. The summed E-state index contributed by atoms with van der Waals surface area (Å²) in [5, 5.41) is 23.4. The third-order valence-electron chi connectivity index (χ3n) is 5.16. The summed E-state index contributed by atoms with van der Waals surface area (Å²) in [4.78, 5) is 0.257. The molecule has 2 fully saturated rings. The summed E-state index contributed by atoms with van der Waals surface area (Å²) in [5.41, 5.74) is -0.316. The third-order valence-corrected chi connectivity index (χ3v) is 6.28. The average Bonchev–Trinajstić information content (AvgIpc) is 3.32. The fraction of sp³-hybridized carbons (Fsp3) is 0.667. The van der Waals surface area contributed by atoms with E-state index in [1.807, 2.05) is 0 Å². The van der Waals surface area contributed by atoms with Crippen LogP contribution in [0.2, 0.25) is 0 Å². The van der Waals surface area contributed by atoms with Crippen molar-refractivity contribution >= 4 is 9.84 Å². The van der Waals surface area contributed by atoms with E-state index in [9.17, 15) is 18.6 Å². The van der Waals surface area contributed by atoms with E-state index in [4.69, 9.17) is 4.74 Å². The van der Waals surface area contributed by atoms with Gasteiger partial charge in [0, 0.05) is 18.2 Å². The normalized spacial score (nSPS) is 29.7. The summed E-state index contributed by atoms with van der Waals surface area (Å²) in [7, 11) is -3.22. The van der Waals surface area contributed by atoms with Gasteiger partial charge in [0.25, 0.3) is 0 Å². The Balaban J connectivity index is 1.61. The van der Waals surface area contributed by atoms with Crippen molar-refractivity contribution in [2.75, 3.05) is 26.0 Å². The average molecular weight is 369 g/mol. The van der Waals surface area contributed by atoms with Gasteiger partial charge in [-0.05, 0) is 62.4 Å². The van der Waals surface area contributed by atoms with Crippen molar-refractivity contribution in [1.82, 2.24) is 5.32 Å². The van der Waals surface area contributed by atoms with Crippen LogP contribution >= 0.6 is 0 Å². The number of aliphatic hydroxyl groups excluding tert-OH is 2. The molecule has 0 radical (unpaired) electrons. The highest BCUT2D eigenvalue weighted by atomic mass is 32.2. The van der Waals surface area contributed by atoms with Gasteiger partial charge in [-0.2, -0.15) is 0 Å². The van der Waals surface area contributed by atoms with Gasteiger partial charge < -0.3 is 20.3 Å². The van der Waals surface area contributed by atoms with E-state index in [-0.39, 0.29) is 10.3 Å². The van der Waals surface area contributed by atoms with Gasteiger partial charge in [0.1, 0.15) is 5.75 Å². The number of hydrogen-bond donors (Lipinski definition) is 3. The van der Waals surface area contributed by atoms with Gasteiger partial charge in [-0.1, -0.05) is 0 Å². The van der Waals surface area contributed by atoms with Gasteiger partial charge in [0.15, 0.2) is 9.84 Å². The molecule has 0 amide bonds. The molecule has 1 aromatic rings. The molecule has 2 aliphatic rings. The van der Waals surface area contributed by atoms with Gasteiger partial charge in [0.05, 0.1) is 23.7 Å². The molecule has 6 nitrogen and oxygen atoms in total. The van der Waals surface area contributed by atoms with E-state index in [0.29, 0.717) is 31.7 Å². The topological polar surface area (TPSA) is 95.9 Å². The predicted molar refractivity (Wildman–Crippen MR) is 94.3 cm³/mol. The second-order valence-corrected chi connectivity index (χ2v) is 9.67. The second kappa shape index (κ2) is 7.23. The minimum atomic E-state index is -3.22. The first-order valence-corrected chi connectivity index (χ1v) is 10.7. The Kier molecular flexibility index (Phi) is 5.39. The maximum absolute atomic E-state index is 11.5. The lowest BCUT2D eigenvalue weighted by Crippen LogP contribution is -2.38. The van der Waals surface area contributed by atoms with E-state index >= 15 is 0 Å². The minimum Gasteiger partial charge on any atom is -0.493 e. The maximum atomic E-state index is 11.5. The highest BCUT2D eigenvalue weighted by Gasteiger charge is 2.44. The van der Waals surface area contributed by atoms with Gasteiger partial charge >= 0.3 is 0 Å². The molecule has 2 saturated carbocycles. The van der Waals surface area contributed by atoms with Crippen LogP contribution < -0.4 is 10.1 Å². The van der Waals surface area contributed by atoms with E-state index < -0.39 is 22.0 Å². The maximum Gasteiger partial charge on any atom is 0.175 e. The highest BCUT2D eigenvalue weighted by molar-refractivity contribution is 7.90. The van der Waals surface area contributed by atoms with Crippen molar-refractivity contribution in [3.63, 3.8) is 0 Å². The fourth-order valence-electron chi connectivity index (χ4n) is 3.44. The number of benzene rings is 1. The molecule has 7 heteroatoms. The van der Waals surface area contributed by atoms with Gasteiger partial charge in [-0.3, -0.25) is 0 Å². The number of nitrogens with one attached hydrogen (secondary N) is 1. The lowest BCUT2D eigenvalue weighted by molar-refractivity contribution is 0.0438. The minimum absolute atomic E-state index is 0.257. The Bertz CT molecular complexity index is 674. The van der Waals surface area contributed by atoms with Crippen molar-refractivity contribution < 1.29 is 23.4 Å². The summed E-state index contributed by atoms with van der Waals surface area (Å²) in [6.07, 6.45) is 3.26. The molecule has 0 heterocycles. The number of hydrogen-bond acceptors (Lipinski definition) is 6. The molecule has 3 N–H and O–H groups in total. The van der Waals surface area contributed by atoms with Crippen molar-refractivity contribution in [2.24, 2.45) is 11.3 Å². The van der Waals surface area contributed by atoms with Crippen LogP contribution in [0.4, 0.5) is 0 Å². The number of rotatable bonds is 8. The number of aliphatic hydroxyl groups is 2. The summed E-state index contributed by atoms with van der Waals surface area (Å²) in [5.74, 6) is 1.35. The molecule has 0 aromatic heterocycles. The lowest BCUT2D eigenvalue weighted by Gasteiger charge is -2.29. The first kappa shape index (κ1) is 18.6. The highest BCUT2D eigenvalue weighted by Crippen LogP contribution is 2.39. The van der Waals surface area contributed by atoms with Gasteiger partial charge in [-0.25, -0.2) is 8.42 Å². The molecule has 3 rings (SSSR count). The molecular formula is C18H27NO5S. The van der Waals surface area contributed by atoms with E-state index in [1.165, 1.54) is 31.2 Å². The molecule has 1 aromatic carbocycles. The zero-order valence-corrected chi connectivity index (χ0v) is 15.3. The van der Waals surface area contributed by atoms with Crippen LogP contribution in [0.5, 0.6) is 5.75 Å². The van der Waals surface area contributed by atoms with Crippen LogP contribution in [0.25, 0.3) is 0 Å². The quantitative estimate of drug-likeness (QED) is 0.632. The molecule has 1 unspecified atom stereocenters. The lowest BCUT2D eigenvalue weighted by atomic mass is 9.86. The smallest absolute Gasteiger partial charge is 0.175 e. The third kappa shape index (κ3) is 4.94. The first-order valence-electron chi connectivity index (χ1n) is 8.77. The Hall–Kier alpha value is -1.15. The van der Waals surface area contributed by atoms with Gasteiger partial charge in [0.2, 0.25) is 0 Å². The van der Waals surface area contributed by atoms with Crippen LogP contribution in [-0.4, -0.2) is 56.8 Å². The van der Waals surface area contributed by atoms with Crippen molar-refractivity contribution in [3.05, 3.63) is 24.3 Å². The predicted octanol–water partition coefficient (Wildman–Crippen LogP) is 0.970. The Morgan fingerprint density at radius 3 is 2.28 bits per heavy atom. The molecular weight excluding hydrogens is 342 g/mol. The van der Waals surface area contributed by atoms with E-state index in [2.05, 4.69) is 5.32 Å². The molecule has 0 bridgehead atoms. The summed E-state index contributed by atoms with van der Waals surface area (Å²) < 4.78 is 28.9. The van der Waals surface area contributed by atoms with Crippen LogP contribution in [0.3, 0.4) is 0 Å². The van der Waals surface area contributed by atoms with Crippen LogP contribution in [0.15, 0.2) is 29.2 Å². The van der Waals surface area contributed by atoms with Gasteiger partial charge in [-0.15, -0.1) is 0 Å². The number of sulfone groups is 1. The monoisotopic (exact) mass is 369 g/mol. The largest absolute Gasteiger partial charge is 0.493 e. The van der Waals surface area contributed by atoms with Crippen molar-refractivity contribution in [3.8, 4) is 5.75 Å². The van der Waals surface area contributed by atoms with Crippen molar-refractivity contribution in [1.29, 1.82) is 0 Å². The van der Waals surface area contributed by atoms with Crippen LogP contribution in [0.1, 0.15) is 25.7 Å². The number of ether oxygens (including phenoxy) is 1. The fourth-order valence-corrected chi connectivity index (χ4v) is 4.07. The molecule has 2 aliphatic carbocycles. The standard InChI is InChI=1S/C18H27NO5S/c1-25(22,23)15-6-4-14(5-7-15)24-12-18(8-16(20)17(21)9-18)11-19-10-13-2-3-13/h4-7,13,16-17,19-21H,2-3,8-12H2,1H3/t16-,17+,18?. The van der Waals surface area contributed by atoms with Crippen LogP contribution in [-0.2, 0) is 9.84 Å². The molecule has 3 atom stereocenters. The Morgan fingerprint density at radius 1 is 1.16 bits per heavy atom. The molecule has 140 valence electrons. The molecule has 25 heavy (non-hydrogen) atoms. The summed E-state index contributed by atoms with van der Waals surface area (Å²) in [6, 6.07) is 6.34. The zero-order valence-electron chi connectivity index (χ0n) is 14.5. The van der Waals surface area contributed by atoms with Crippen molar-refractivity contribution in [2.45, 2.75) is 42.8 Å². The molecule has 0 saturated heterocycles. The summed E-state index contributed by atoms with van der Waals surface area (Å²) in [6.45, 7) is 2.03. The SMILES string of the molecule is CS(=O)(=O)c1ccc(OCC2(CNCC3CC3)C[C@@H](O)[C@@H](O)C2)cc1. The summed E-state index contributed by atoms with van der Waals surface area (Å²) >= 11 is 0.